The number of para-hydroxylation sites is 2. The van der Waals surface area contributed by atoms with Crippen LogP contribution >= 0.6 is 0 Å². The van der Waals surface area contributed by atoms with E-state index in [0.717, 1.165) is 33.5 Å². The van der Waals surface area contributed by atoms with Crippen LogP contribution in [0, 0.1) is 0 Å². The molecule has 41 heavy (non-hydrogen) atoms. The first-order chi connectivity index (χ1) is 20.4. The lowest BCUT2D eigenvalue weighted by molar-refractivity contribution is 1.18. The normalized spacial score (nSPS) is 11.9. The number of hydrogen-bond donors (Lipinski definition) is 0. The summed E-state index contributed by atoms with van der Waals surface area (Å²) in [5, 5.41) is 3.54. The molecular formula is C38H23N3. The Bertz CT molecular complexity index is 2270. The summed E-state index contributed by atoms with van der Waals surface area (Å²) in [4.78, 5) is 9.91. The van der Waals surface area contributed by atoms with Crippen molar-refractivity contribution >= 4 is 32.8 Å². The van der Waals surface area contributed by atoms with Crippen LogP contribution in [0.15, 0.2) is 140 Å². The van der Waals surface area contributed by atoms with Gasteiger partial charge in [-0.25, -0.2) is 9.97 Å². The molecule has 0 fully saturated rings. The Morgan fingerprint density at radius 1 is 0.463 bits per heavy atom. The average molecular weight is 522 g/mol. The van der Waals surface area contributed by atoms with E-state index in [1.54, 1.807) is 0 Å². The van der Waals surface area contributed by atoms with Gasteiger partial charge < -0.3 is 4.57 Å². The first-order valence-corrected chi connectivity index (χ1v) is 13.9. The molecule has 0 atom stereocenters. The molecule has 5 aromatic carbocycles. The quantitative estimate of drug-likeness (QED) is 0.215. The van der Waals surface area contributed by atoms with Crippen LogP contribution in [0.5, 0.6) is 0 Å². The smallest absolute Gasteiger partial charge is 0.159 e. The van der Waals surface area contributed by atoms with Crippen LogP contribution in [-0.4, -0.2) is 14.5 Å². The van der Waals surface area contributed by atoms with E-state index in [2.05, 4.69) is 137 Å². The highest BCUT2D eigenvalue weighted by molar-refractivity contribution is 6.11. The number of hydrogen-bond acceptors (Lipinski definition) is 2. The van der Waals surface area contributed by atoms with E-state index in [4.69, 9.17) is 4.98 Å². The van der Waals surface area contributed by atoms with Crippen LogP contribution in [0.2, 0.25) is 0 Å². The van der Waals surface area contributed by atoms with Crippen molar-refractivity contribution in [2.45, 2.75) is 0 Å². The van der Waals surface area contributed by atoms with Gasteiger partial charge in [0.05, 0.1) is 22.4 Å². The average Bonchev–Trinajstić information content (AvgIpc) is 3.37. The summed E-state index contributed by atoms with van der Waals surface area (Å²) in [5.74, 6) is 0. The van der Waals surface area contributed by atoms with Gasteiger partial charge in [0, 0.05) is 39.0 Å². The third-order valence-electron chi connectivity index (χ3n) is 8.41. The first kappa shape index (κ1) is 22.3. The molecule has 3 heterocycles. The SMILES string of the molecule is c1ccc2c(c1)-c1ccccc1-c1c(cccc1-n1c3ccccc3c3ccccc31)-c1nc3ncccc3cc1-2. The van der Waals surface area contributed by atoms with Gasteiger partial charge in [-0.3, -0.25) is 0 Å². The fourth-order valence-electron chi connectivity index (χ4n) is 6.69. The predicted octanol–water partition coefficient (Wildman–Crippen LogP) is 9.71. The molecule has 0 bridgehead atoms. The fraction of sp³-hybridized carbons (Fsp3) is 0. The van der Waals surface area contributed by atoms with Gasteiger partial charge in [0.25, 0.3) is 0 Å². The molecule has 8 aromatic rings. The van der Waals surface area contributed by atoms with Crippen molar-refractivity contribution in [3.63, 3.8) is 0 Å². The second-order valence-corrected chi connectivity index (χ2v) is 10.6. The molecule has 3 heteroatoms. The van der Waals surface area contributed by atoms with Crippen LogP contribution < -0.4 is 0 Å². The minimum Gasteiger partial charge on any atom is -0.309 e. The molecule has 0 saturated carbocycles. The number of aromatic nitrogens is 3. The maximum Gasteiger partial charge on any atom is 0.159 e. The molecule has 0 radical (unpaired) electrons. The van der Waals surface area contributed by atoms with Gasteiger partial charge in [0.2, 0.25) is 0 Å². The number of pyridine rings is 2. The van der Waals surface area contributed by atoms with Crippen molar-refractivity contribution in [1.82, 2.24) is 14.5 Å². The van der Waals surface area contributed by atoms with Crippen LogP contribution in [-0.2, 0) is 0 Å². The van der Waals surface area contributed by atoms with E-state index >= 15 is 0 Å². The van der Waals surface area contributed by atoms with E-state index in [1.165, 1.54) is 49.6 Å². The van der Waals surface area contributed by atoms with E-state index in [9.17, 15) is 0 Å². The molecule has 190 valence electrons. The summed E-state index contributed by atoms with van der Waals surface area (Å²) in [6.07, 6.45) is 1.82. The summed E-state index contributed by atoms with van der Waals surface area (Å²) in [7, 11) is 0. The zero-order valence-electron chi connectivity index (χ0n) is 22.1. The lowest BCUT2D eigenvalue weighted by atomic mass is 9.82. The van der Waals surface area contributed by atoms with E-state index in [1.807, 2.05) is 12.3 Å². The summed E-state index contributed by atoms with van der Waals surface area (Å²) >= 11 is 0. The molecule has 1 aliphatic rings. The van der Waals surface area contributed by atoms with Crippen molar-refractivity contribution in [3.05, 3.63) is 140 Å². The maximum absolute atomic E-state index is 5.26. The van der Waals surface area contributed by atoms with Gasteiger partial charge in [0.1, 0.15) is 0 Å². The molecule has 0 amide bonds. The molecule has 0 aliphatic heterocycles. The Labute approximate surface area is 237 Å². The number of fused-ring (bicyclic) bond motifs is 12. The lowest BCUT2D eigenvalue weighted by Gasteiger charge is -2.25. The fourth-order valence-corrected chi connectivity index (χ4v) is 6.69. The Balaban J connectivity index is 1.50. The van der Waals surface area contributed by atoms with Crippen LogP contribution in [0.3, 0.4) is 0 Å². The Morgan fingerprint density at radius 2 is 1.05 bits per heavy atom. The van der Waals surface area contributed by atoms with Crippen LogP contribution in [0.1, 0.15) is 0 Å². The third-order valence-corrected chi connectivity index (χ3v) is 8.41. The van der Waals surface area contributed by atoms with Gasteiger partial charge >= 0.3 is 0 Å². The number of nitrogens with zero attached hydrogens (tertiary/aromatic N) is 3. The lowest BCUT2D eigenvalue weighted by Crippen LogP contribution is -2.04. The first-order valence-electron chi connectivity index (χ1n) is 13.9. The highest BCUT2D eigenvalue weighted by atomic mass is 15.0. The van der Waals surface area contributed by atoms with Crippen molar-refractivity contribution < 1.29 is 0 Å². The predicted molar refractivity (Wildman–Crippen MR) is 169 cm³/mol. The summed E-state index contributed by atoms with van der Waals surface area (Å²) in [5.41, 5.74) is 13.4. The Hall–Kier alpha value is -5.54. The largest absolute Gasteiger partial charge is 0.309 e. The van der Waals surface area contributed by atoms with Crippen LogP contribution in [0.25, 0.3) is 83.2 Å². The summed E-state index contributed by atoms with van der Waals surface area (Å²) < 4.78 is 2.42. The van der Waals surface area contributed by atoms with Crippen molar-refractivity contribution in [1.29, 1.82) is 0 Å². The van der Waals surface area contributed by atoms with E-state index in [0.29, 0.717) is 0 Å². The Morgan fingerprint density at radius 3 is 1.78 bits per heavy atom. The van der Waals surface area contributed by atoms with Gasteiger partial charge in [-0.2, -0.15) is 0 Å². The minimum atomic E-state index is 0.755. The topological polar surface area (TPSA) is 30.7 Å². The standard InChI is InChI=1S/C38H23N3/c1-2-14-27-25(12-1)26-13-3-4-17-30(26)36-31(37-32(27)23-24-11-10-22-39-38(24)40-37)18-9-21-35(36)41-33-19-7-5-15-28(33)29-16-6-8-20-34(29)41/h1-23H. The van der Waals surface area contributed by atoms with Crippen LogP contribution in [0.4, 0.5) is 0 Å². The van der Waals surface area contributed by atoms with Gasteiger partial charge in [-0.05, 0) is 58.7 Å². The second kappa shape index (κ2) is 8.48. The number of benzene rings is 5. The summed E-state index contributed by atoms with van der Waals surface area (Å²) in [6.45, 7) is 0. The molecule has 3 nitrogen and oxygen atoms in total. The van der Waals surface area contributed by atoms with Gasteiger partial charge in [0.15, 0.2) is 5.65 Å². The highest BCUT2D eigenvalue weighted by Crippen LogP contribution is 2.50. The maximum atomic E-state index is 5.26. The molecule has 0 N–H and O–H groups in total. The molecular weight excluding hydrogens is 498 g/mol. The monoisotopic (exact) mass is 521 g/mol. The summed E-state index contributed by atoms with van der Waals surface area (Å²) in [6, 6.07) is 47.9. The van der Waals surface area contributed by atoms with E-state index in [-0.39, 0.29) is 0 Å². The van der Waals surface area contributed by atoms with Crippen molar-refractivity contribution in [2.24, 2.45) is 0 Å². The highest BCUT2D eigenvalue weighted by Gasteiger charge is 2.26. The number of rotatable bonds is 1. The van der Waals surface area contributed by atoms with Gasteiger partial charge in [-0.1, -0.05) is 97.1 Å². The third kappa shape index (κ3) is 3.14. The van der Waals surface area contributed by atoms with Crippen molar-refractivity contribution in [2.75, 3.05) is 0 Å². The molecule has 3 aromatic heterocycles. The minimum absolute atomic E-state index is 0.755. The molecule has 9 rings (SSSR count). The van der Waals surface area contributed by atoms with Gasteiger partial charge in [-0.15, -0.1) is 0 Å². The molecule has 0 spiro atoms. The zero-order chi connectivity index (χ0) is 26.9. The molecule has 0 saturated heterocycles. The second-order valence-electron chi connectivity index (χ2n) is 10.6. The molecule has 0 unspecified atom stereocenters. The zero-order valence-corrected chi connectivity index (χ0v) is 22.1. The van der Waals surface area contributed by atoms with Crippen molar-refractivity contribution in [3.8, 4) is 50.3 Å². The molecule has 1 aliphatic carbocycles. The van der Waals surface area contributed by atoms with E-state index < -0.39 is 0 Å². The Kier molecular flexibility index (Phi) is 4.61.